The highest BCUT2D eigenvalue weighted by atomic mass is 32.1. The second-order valence-electron chi connectivity index (χ2n) is 6.94. The average Bonchev–Trinajstić information content (AvgIpc) is 2.99. The molecule has 0 aromatic carbocycles. The number of rotatable bonds is 3. The van der Waals surface area contributed by atoms with Gasteiger partial charge in [-0.1, -0.05) is 5.16 Å². The molecule has 23 heavy (non-hydrogen) atoms. The van der Waals surface area contributed by atoms with Crippen LogP contribution >= 0.6 is 11.3 Å². The molecule has 1 saturated heterocycles. The zero-order valence-electron chi connectivity index (χ0n) is 13.8. The van der Waals surface area contributed by atoms with Crippen LogP contribution in [0.15, 0.2) is 15.3 Å². The molecule has 0 unspecified atom stereocenters. The zero-order valence-corrected chi connectivity index (χ0v) is 14.6. The first-order valence-corrected chi connectivity index (χ1v) is 8.60. The second kappa shape index (κ2) is 5.96. The molecule has 0 N–H and O–H groups in total. The summed E-state index contributed by atoms with van der Waals surface area (Å²) in [4.78, 5) is 18.1. The molecule has 1 fully saturated rings. The zero-order chi connectivity index (χ0) is 16.6. The van der Waals surface area contributed by atoms with Crippen LogP contribution in [0.3, 0.4) is 0 Å². The summed E-state index contributed by atoms with van der Waals surface area (Å²) in [6, 6.07) is 0. The van der Waals surface area contributed by atoms with Gasteiger partial charge in [-0.3, -0.25) is 0 Å². The largest absolute Gasteiger partial charge is 0.444 e. The Morgan fingerprint density at radius 1 is 1.43 bits per heavy atom. The van der Waals surface area contributed by atoms with Crippen molar-refractivity contribution in [3.63, 3.8) is 0 Å². The number of aryl methyl sites for hydroxylation is 1. The van der Waals surface area contributed by atoms with Gasteiger partial charge in [0.15, 0.2) is 0 Å². The highest BCUT2D eigenvalue weighted by Crippen LogP contribution is 2.26. The normalized spacial score (nSPS) is 15.6. The van der Waals surface area contributed by atoms with E-state index in [2.05, 4.69) is 15.5 Å². The molecule has 0 spiro atoms. The highest BCUT2D eigenvalue weighted by molar-refractivity contribution is 7.08. The SMILES string of the molecule is Cc1cscc1-c1noc(CC2CN(C(=O)OC(C)(C)C)C2)n1. The number of likely N-dealkylation sites (tertiary alicyclic amines) is 1. The van der Waals surface area contributed by atoms with Crippen molar-refractivity contribution in [3.8, 4) is 11.4 Å². The Hall–Kier alpha value is -1.89. The van der Waals surface area contributed by atoms with Crippen LogP contribution in [0.1, 0.15) is 32.2 Å². The first-order chi connectivity index (χ1) is 10.8. The molecule has 3 rings (SSSR count). The summed E-state index contributed by atoms with van der Waals surface area (Å²) in [6.07, 6.45) is 0.434. The van der Waals surface area contributed by atoms with Gasteiger partial charge in [0.25, 0.3) is 0 Å². The Morgan fingerprint density at radius 3 is 2.78 bits per heavy atom. The lowest BCUT2D eigenvalue weighted by Gasteiger charge is -2.39. The lowest BCUT2D eigenvalue weighted by Crippen LogP contribution is -2.52. The van der Waals surface area contributed by atoms with Crippen molar-refractivity contribution in [2.45, 2.75) is 39.7 Å². The first-order valence-electron chi connectivity index (χ1n) is 7.65. The molecular formula is C16H21N3O3S. The van der Waals surface area contributed by atoms with Crippen molar-refractivity contribution in [3.05, 3.63) is 22.2 Å². The molecular weight excluding hydrogens is 314 g/mol. The molecule has 0 saturated carbocycles. The summed E-state index contributed by atoms with van der Waals surface area (Å²) in [5.41, 5.74) is 1.72. The summed E-state index contributed by atoms with van der Waals surface area (Å²) in [5, 5.41) is 8.14. The van der Waals surface area contributed by atoms with E-state index in [1.165, 1.54) is 0 Å². The van der Waals surface area contributed by atoms with Crippen LogP contribution in [-0.4, -0.2) is 39.8 Å². The number of nitrogens with zero attached hydrogens (tertiary/aromatic N) is 3. The van der Waals surface area contributed by atoms with Crippen LogP contribution in [0.25, 0.3) is 11.4 Å². The van der Waals surface area contributed by atoms with Crippen molar-refractivity contribution < 1.29 is 14.1 Å². The monoisotopic (exact) mass is 335 g/mol. The van der Waals surface area contributed by atoms with Crippen LogP contribution in [0.5, 0.6) is 0 Å². The molecule has 7 heteroatoms. The predicted octanol–water partition coefficient (Wildman–Crippen LogP) is 3.52. The molecule has 0 radical (unpaired) electrons. The summed E-state index contributed by atoms with van der Waals surface area (Å²) in [5.74, 6) is 1.61. The molecule has 1 aliphatic heterocycles. The standard InChI is InChI=1S/C16H21N3O3S/c1-10-8-23-9-12(10)14-17-13(22-18-14)5-11-6-19(7-11)15(20)21-16(2,3)4/h8-9,11H,5-7H2,1-4H3. The van der Waals surface area contributed by atoms with Gasteiger partial charge in [-0.25, -0.2) is 4.79 Å². The van der Waals surface area contributed by atoms with Gasteiger partial charge in [-0.05, 0) is 38.6 Å². The Kier molecular flexibility index (Phi) is 4.14. The van der Waals surface area contributed by atoms with Gasteiger partial charge in [0.05, 0.1) is 0 Å². The Morgan fingerprint density at radius 2 is 2.17 bits per heavy atom. The minimum absolute atomic E-state index is 0.256. The van der Waals surface area contributed by atoms with Crippen LogP contribution in [-0.2, 0) is 11.2 Å². The molecule has 1 aliphatic rings. The number of hydrogen-bond acceptors (Lipinski definition) is 6. The van der Waals surface area contributed by atoms with E-state index in [0.29, 0.717) is 37.1 Å². The van der Waals surface area contributed by atoms with Crippen LogP contribution < -0.4 is 0 Å². The first kappa shape index (κ1) is 16.0. The molecule has 2 aromatic rings. The van der Waals surface area contributed by atoms with E-state index in [4.69, 9.17) is 9.26 Å². The van der Waals surface area contributed by atoms with E-state index < -0.39 is 5.60 Å². The number of thiophene rings is 1. The maximum Gasteiger partial charge on any atom is 0.410 e. The number of carbonyl (C=O) groups is 1. The van der Waals surface area contributed by atoms with E-state index in [1.807, 2.05) is 33.1 Å². The number of hydrogen-bond donors (Lipinski definition) is 0. The van der Waals surface area contributed by atoms with Crippen molar-refractivity contribution >= 4 is 17.4 Å². The third-order valence-corrected chi connectivity index (χ3v) is 4.50. The van der Waals surface area contributed by atoms with Crippen LogP contribution in [0, 0.1) is 12.8 Å². The Balaban J connectivity index is 1.52. The molecule has 0 aliphatic carbocycles. The maximum absolute atomic E-state index is 11.9. The number of amides is 1. The number of aromatic nitrogens is 2. The average molecular weight is 335 g/mol. The topological polar surface area (TPSA) is 68.5 Å². The fourth-order valence-corrected chi connectivity index (χ4v) is 3.28. The van der Waals surface area contributed by atoms with Gasteiger partial charge in [-0.15, -0.1) is 0 Å². The predicted molar refractivity (Wildman–Crippen MR) is 87.3 cm³/mol. The lowest BCUT2D eigenvalue weighted by molar-refractivity contribution is -0.00186. The summed E-state index contributed by atoms with van der Waals surface area (Å²) < 4.78 is 10.7. The van der Waals surface area contributed by atoms with E-state index in [0.717, 1.165) is 11.1 Å². The van der Waals surface area contributed by atoms with Crippen LogP contribution in [0.4, 0.5) is 4.79 Å². The highest BCUT2D eigenvalue weighted by Gasteiger charge is 2.34. The van der Waals surface area contributed by atoms with Crippen molar-refractivity contribution in [2.75, 3.05) is 13.1 Å². The molecule has 3 heterocycles. The molecule has 6 nitrogen and oxygen atoms in total. The van der Waals surface area contributed by atoms with Gasteiger partial charge in [-0.2, -0.15) is 16.3 Å². The molecule has 0 bridgehead atoms. The van der Waals surface area contributed by atoms with Crippen molar-refractivity contribution in [1.29, 1.82) is 0 Å². The minimum atomic E-state index is -0.456. The summed E-state index contributed by atoms with van der Waals surface area (Å²) >= 11 is 1.63. The third-order valence-electron chi connectivity index (χ3n) is 3.64. The lowest BCUT2D eigenvalue weighted by atomic mass is 9.97. The quantitative estimate of drug-likeness (QED) is 0.858. The minimum Gasteiger partial charge on any atom is -0.444 e. The van der Waals surface area contributed by atoms with Crippen LogP contribution in [0.2, 0.25) is 0 Å². The van der Waals surface area contributed by atoms with E-state index in [9.17, 15) is 4.79 Å². The smallest absolute Gasteiger partial charge is 0.410 e. The van der Waals surface area contributed by atoms with Gasteiger partial charge in [0, 0.05) is 36.4 Å². The molecule has 0 atom stereocenters. The fraction of sp³-hybridized carbons (Fsp3) is 0.562. The van der Waals surface area contributed by atoms with Gasteiger partial charge in [0.1, 0.15) is 5.60 Å². The molecule has 1 amide bonds. The van der Waals surface area contributed by atoms with E-state index in [-0.39, 0.29) is 6.09 Å². The number of ether oxygens (including phenoxy) is 1. The van der Waals surface area contributed by atoms with E-state index in [1.54, 1.807) is 16.2 Å². The van der Waals surface area contributed by atoms with Crippen molar-refractivity contribution in [1.82, 2.24) is 15.0 Å². The van der Waals surface area contributed by atoms with E-state index >= 15 is 0 Å². The van der Waals surface area contributed by atoms with Gasteiger partial charge in [0.2, 0.25) is 11.7 Å². The Bertz CT molecular complexity index is 695. The third kappa shape index (κ3) is 3.72. The molecule has 2 aromatic heterocycles. The van der Waals surface area contributed by atoms with Gasteiger partial charge >= 0.3 is 6.09 Å². The van der Waals surface area contributed by atoms with Gasteiger partial charge < -0.3 is 14.2 Å². The summed E-state index contributed by atoms with van der Waals surface area (Å²) in [7, 11) is 0. The Labute approximate surface area is 139 Å². The van der Waals surface area contributed by atoms with Crippen molar-refractivity contribution in [2.24, 2.45) is 5.92 Å². The second-order valence-corrected chi connectivity index (χ2v) is 7.68. The summed E-state index contributed by atoms with van der Waals surface area (Å²) in [6.45, 7) is 8.98. The fourth-order valence-electron chi connectivity index (χ4n) is 2.46. The molecule has 124 valence electrons. The number of carbonyl (C=O) groups excluding carboxylic acids is 1. The maximum atomic E-state index is 11.9.